The summed E-state index contributed by atoms with van der Waals surface area (Å²) in [5.74, 6) is 2.74. The zero-order valence-corrected chi connectivity index (χ0v) is 22.1. The first kappa shape index (κ1) is 23.9. The summed E-state index contributed by atoms with van der Waals surface area (Å²) in [5, 5.41) is 20.3. The van der Waals surface area contributed by atoms with Gasteiger partial charge in [-0.05, 0) is 97.4 Å². The Morgan fingerprint density at radius 2 is 2.03 bits per heavy atom. The highest BCUT2D eigenvalue weighted by Crippen LogP contribution is 2.88. The first-order valence-electron chi connectivity index (χ1n) is 14.2. The highest BCUT2D eigenvalue weighted by atomic mass is 16.3. The molecule has 3 saturated carbocycles. The number of hydrogen-bond donors (Lipinski definition) is 2. The fraction of sp³-hybridized carbons (Fsp3) is 0.719. The molecule has 0 bridgehead atoms. The lowest BCUT2D eigenvalue weighted by molar-refractivity contribution is -0.0294. The first-order chi connectivity index (χ1) is 16.7. The van der Waals surface area contributed by atoms with Crippen LogP contribution in [0.1, 0.15) is 72.1 Å². The van der Waals surface area contributed by atoms with Crippen LogP contribution in [0.15, 0.2) is 52.6 Å². The van der Waals surface area contributed by atoms with Gasteiger partial charge in [-0.1, -0.05) is 62.8 Å². The standard InChI is InChI=1S/C32H45NO2/c1-21-14-27-30(4)26(6-5-10-32(30)28(21)29(32,2)3)25(9-13-34)18-31(27)11-7-22(17-31)15-24(20-35)16-23-8-12-33-19-23/h5,8,10,14,19,22,24-26,28,34-35H,1,6-7,9,11-13,15-18,20H2,2-4H3/t22-,24-,25+,26-,28-,30+,31+,32-/m0/s1. The van der Waals surface area contributed by atoms with E-state index < -0.39 is 0 Å². The number of aliphatic hydroxyl groups is 2. The molecule has 1 heterocycles. The molecular formula is C32H45NO2. The van der Waals surface area contributed by atoms with Gasteiger partial charge >= 0.3 is 0 Å². The van der Waals surface area contributed by atoms with Crippen molar-refractivity contribution in [2.24, 2.45) is 56.2 Å². The van der Waals surface area contributed by atoms with Crippen LogP contribution in [-0.2, 0) is 0 Å². The van der Waals surface area contributed by atoms with Gasteiger partial charge in [-0.15, -0.1) is 0 Å². The minimum absolute atomic E-state index is 0.158. The fourth-order valence-corrected chi connectivity index (χ4v) is 10.8. The van der Waals surface area contributed by atoms with Crippen LogP contribution < -0.4 is 0 Å². The Hall–Kier alpha value is -1.45. The van der Waals surface area contributed by atoms with Crippen molar-refractivity contribution < 1.29 is 10.2 Å². The van der Waals surface area contributed by atoms with Gasteiger partial charge in [0.25, 0.3) is 0 Å². The van der Waals surface area contributed by atoms with Crippen molar-refractivity contribution in [1.29, 1.82) is 0 Å². The smallest absolute Gasteiger partial charge is 0.0576 e. The zero-order chi connectivity index (χ0) is 24.6. The molecule has 2 N–H and O–H groups in total. The number of rotatable bonds is 7. The number of fused-ring (bicyclic) bond motifs is 1. The monoisotopic (exact) mass is 475 g/mol. The van der Waals surface area contributed by atoms with Crippen molar-refractivity contribution in [1.82, 2.24) is 0 Å². The van der Waals surface area contributed by atoms with E-state index in [2.05, 4.69) is 56.6 Å². The Kier molecular flexibility index (Phi) is 5.48. The Morgan fingerprint density at radius 1 is 1.20 bits per heavy atom. The van der Waals surface area contributed by atoms with E-state index in [1.807, 2.05) is 6.21 Å². The molecule has 3 nitrogen and oxygen atoms in total. The molecule has 0 radical (unpaired) electrons. The normalized spacial score (nSPS) is 45.2. The maximum atomic E-state index is 10.2. The maximum absolute atomic E-state index is 10.2. The third kappa shape index (κ3) is 3.07. The Morgan fingerprint density at radius 3 is 2.74 bits per heavy atom. The number of aliphatic hydroxyl groups excluding tert-OH is 2. The van der Waals surface area contributed by atoms with E-state index in [0.717, 1.165) is 32.2 Å². The summed E-state index contributed by atoms with van der Waals surface area (Å²) in [7, 11) is 0. The summed E-state index contributed by atoms with van der Waals surface area (Å²) in [6.07, 6.45) is 21.0. The molecule has 3 heteroatoms. The molecule has 0 saturated heterocycles. The second-order valence-electron chi connectivity index (χ2n) is 13.7. The minimum atomic E-state index is 0.158. The molecule has 0 aromatic heterocycles. The third-order valence-electron chi connectivity index (χ3n) is 12.0. The minimum Gasteiger partial charge on any atom is -0.396 e. The molecule has 2 spiro atoms. The van der Waals surface area contributed by atoms with Gasteiger partial charge in [0.2, 0.25) is 0 Å². The molecule has 6 rings (SSSR count). The van der Waals surface area contributed by atoms with Gasteiger partial charge < -0.3 is 10.2 Å². The van der Waals surface area contributed by atoms with Crippen molar-refractivity contribution in [3.8, 4) is 0 Å². The zero-order valence-electron chi connectivity index (χ0n) is 22.1. The van der Waals surface area contributed by atoms with Crippen LogP contribution in [0.2, 0.25) is 0 Å². The SMILES string of the molecule is C=C1C=C2[C@@]3(CC[C@@H](C[C@H](CO)CC4=CCN=C4)C3)C[C@@H](CCO)[C@@H]3CC=C[C@@]4([C@@H]1C4(C)C)[C@@]23C. The lowest BCUT2D eigenvalue weighted by atomic mass is 9.41. The molecule has 8 atom stereocenters. The van der Waals surface area contributed by atoms with Gasteiger partial charge in [0.15, 0.2) is 0 Å². The van der Waals surface area contributed by atoms with Gasteiger partial charge in [-0.25, -0.2) is 0 Å². The average Bonchev–Trinajstić information content (AvgIpc) is 3.23. The molecule has 0 amide bonds. The predicted octanol–water partition coefficient (Wildman–Crippen LogP) is 6.30. The summed E-state index contributed by atoms with van der Waals surface area (Å²) in [4.78, 5) is 4.35. The van der Waals surface area contributed by atoms with E-state index >= 15 is 0 Å². The number of allylic oxidation sites excluding steroid dienone is 6. The summed E-state index contributed by atoms with van der Waals surface area (Å²) >= 11 is 0. The highest BCUT2D eigenvalue weighted by molar-refractivity contribution is 5.80. The van der Waals surface area contributed by atoms with E-state index in [4.69, 9.17) is 0 Å². The molecule has 0 aromatic carbocycles. The number of aliphatic imine (C=N–C) groups is 1. The van der Waals surface area contributed by atoms with Gasteiger partial charge in [-0.3, -0.25) is 4.99 Å². The van der Waals surface area contributed by atoms with Gasteiger partial charge in [0.05, 0.1) is 6.54 Å². The quantitative estimate of drug-likeness (QED) is 0.425. The summed E-state index contributed by atoms with van der Waals surface area (Å²) in [5.41, 5.74) is 5.19. The van der Waals surface area contributed by atoms with Crippen LogP contribution in [0.4, 0.5) is 0 Å². The largest absolute Gasteiger partial charge is 0.396 e. The van der Waals surface area contributed by atoms with E-state index in [9.17, 15) is 10.2 Å². The predicted molar refractivity (Wildman–Crippen MR) is 143 cm³/mol. The molecule has 35 heavy (non-hydrogen) atoms. The second-order valence-corrected chi connectivity index (χ2v) is 13.7. The lowest BCUT2D eigenvalue weighted by Crippen LogP contribution is -2.55. The lowest BCUT2D eigenvalue weighted by Gasteiger charge is -2.62. The van der Waals surface area contributed by atoms with Gasteiger partial charge in [0.1, 0.15) is 0 Å². The van der Waals surface area contributed by atoms with Crippen LogP contribution in [0.5, 0.6) is 0 Å². The van der Waals surface area contributed by atoms with Crippen LogP contribution >= 0.6 is 0 Å². The Balaban J connectivity index is 1.34. The first-order valence-corrected chi connectivity index (χ1v) is 14.2. The number of nitrogens with zero attached hydrogens (tertiary/aromatic N) is 1. The van der Waals surface area contributed by atoms with Gasteiger partial charge in [-0.2, -0.15) is 0 Å². The van der Waals surface area contributed by atoms with Gasteiger partial charge in [0, 0.05) is 30.3 Å². The van der Waals surface area contributed by atoms with Crippen molar-refractivity contribution in [2.45, 2.75) is 72.1 Å². The summed E-state index contributed by atoms with van der Waals surface area (Å²) < 4.78 is 0. The average molecular weight is 476 g/mol. The molecule has 3 fully saturated rings. The molecule has 5 aliphatic carbocycles. The van der Waals surface area contributed by atoms with Crippen LogP contribution in [0.3, 0.4) is 0 Å². The third-order valence-corrected chi connectivity index (χ3v) is 12.0. The Bertz CT molecular complexity index is 1030. The Labute approximate surface area is 212 Å². The topological polar surface area (TPSA) is 52.8 Å². The van der Waals surface area contributed by atoms with Crippen LogP contribution in [0, 0.1) is 51.2 Å². The van der Waals surface area contributed by atoms with Crippen molar-refractivity contribution in [3.05, 3.63) is 47.6 Å². The number of hydrogen-bond acceptors (Lipinski definition) is 3. The maximum Gasteiger partial charge on any atom is 0.0576 e. The summed E-state index contributed by atoms with van der Waals surface area (Å²) in [6, 6.07) is 0. The highest BCUT2D eigenvalue weighted by Gasteiger charge is 2.82. The summed E-state index contributed by atoms with van der Waals surface area (Å²) in [6.45, 7) is 13.6. The molecule has 0 aromatic rings. The molecule has 1 aliphatic heterocycles. The van der Waals surface area contributed by atoms with Crippen LogP contribution in [0.25, 0.3) is 0 Å². The van der Waals surface area contributed by atoms with E-state index in [1.54, 1.807) is 5.57 Å². The second kappa shape index (κ2) is 8.02. The van der Waals surface area contributed by atoms with Crippen molar-refractivity contribution >= 4 is 6.21 Å². The molecule has 6 aliphatic rings. The molecule has 190 valence electrons. The van der Waals surface area contributed by atoms with Crippen molar-refractivity contribution in [3.63, 3.8) is 0 Å². The molecule has 0 unspecified atom stereocenters. The van der Waals surface area contributed by atoms with Crippen molar-refractivity contribution in [2.75, 3.05) is 19.8 Å². The van der Waals surface area contributed by atoms with E-state index in [1.165, 1.54) is 36.8 Å². The van der Waals surface area contributed by atoms with E-state index in [0.29, 0.717) is 36.2 Å². The fourth-order valence-electron chi connectivity index (χ4n) is 10.8. The van der Waals surface area contributed by atoms with Crippen LogP contribution in [-0.4, -0.2) is 36.2 Å². The van der Waals surface area contributed by atoms with E-state index in [-0.39, 0.29) is 28.3 Å². The molecular weight excluding hydrogens is 430 g/mol.